The van der Waals surface area contributed by atoms with Gasteiger partial charge < -0.3 is 10.0 Å². The molecule has 0 saturated carbocycles. The highest BCUT2D eigenvalue weighted by atomic mass is 16.3. The zero-order valence-electron chi connectivity index (χ0n) is 9.35. The zero-order valence-corrected chi connectivity index (χ0v) is 9.35. The molecule has 1 aromatic heterocycles. The lowest BCUT2D eigenvalue weighted by atomic mass is 10.3. The summed E-state index contributed by atoms with van der Waals surface area (Å²) in [6.45, 7) is 8.69. The molecule has 0 spiro atoms. The predicted octanol–water partition coefficient (Wildman–Crippen LogP) is 1.97. The summed E-state index contributed by atoms with van der Waals surface area (Å²) in [5.41, 5.74) is 0.696. The van der Waals surface area contributed by atoms with Crippen molar-refractivity contribution in [3.63, 3.8) is 0 Å². The summed E-state index contributed by atoms with van der Waals surface area (Å²) in [6, 6.07) is 6.04. The van der Waals surface area contributed by atoms with Gasteiger partial charge in [0.05, 0.1) is 12.3 Å². The van der Waals surface area contributed by atoms with Crippen molar-refractivity contribution in [2.24, 2.45) is 0 Å². The van der Waals surface area contributed by atoms with Crippen molar-refractivity contribution < 1.29 is 5.11 Å². The zero-order chi connectivity index (χ0) is 11.3. The molecule has 1 heterocycles. The van der Waals surface area contributed by atoms with Crippen molar-refractivity contribution in [3.05, 3.63) is 36.5 Å². The number of anilines is 1. The third kappa shape index (κ3) is 3.06. The van der Waals surface area contributed by atoms with Crippen molar-refractivity contribution in [2.45, 2.75) is 26.5 Å². The van der Waals surface area contributed by atoms with Gasteiger partial charge in [-0.05, 0) is 26.0 Å². The molecule has 1 N–H and O–H groups in total. The van der Waals surface area contributed by atoms with Crippen LogP contribution in [0, 0.1) is 0 Å². The molecule has 15 heavy (non-hydrogen) atoms. The number of nitrogens with zero attached hydrogens (tertiary/aromatic N) is 2. The van der Waals surface area contributed by atoms with Gasteiger partial charge in [-0.2, -0.15) is 0 Å². The normalized spacial score (nSPS) is 10.4. The number of aliphatic hydroxyl groups excluding tert-OH is 1. The first-order chi connectivity index (χ1) is 7.19. The van der Waals surface area contributed by atoms with Crippen molar-refractivity contribution in [2.75, 3.05) is 11.4 Å². The second kappa shape index (κ2) is 5.51. The second-order valence-electron chi connectivity index (χ2n) is 3.68. The second-order valence-corrected chi connectivity index (χ2v) is 3.68. The van der Waals surface area contributed by atoms with Crippen LogP contribution in [-0.4, -0.2) is 22.7 Å². The molecule has 0 bridgehead atoms. The Hall–Kier alpha value is -1.35. The number of hydrogen-bond donors (Lipinski definition) is 1. The maximum absolute atomic E-state index is 9.01. The lowest BCUT2D eigenvalue weighted by Gasteiger charge is -2.26. The van der Waals surface area contributed by atoms with E-state index in [1.807, 2.05) is 24.3 Å². The van der Waals surface area contributed by atoms with Crippen LogP contribution in [0.5, 0.6) is 0 Å². The van der Waals surface area contributed by atoms with Gasteiger partial charge in [0, 0.05) is 12.6 Å². The summed E-state index contributed by atoms with van der Waals surface area (Å²) in [7, 11) is 0. The lowest BCUT2D eigenvalue weighted by molar-refractivity contribution is 0.277. The van der Waals surface area contributed by atoms with Crippen molar-refractivity contribution in [1.82, 2.24) is 4.98 Å². The van der Waals surface area contributed by atoms with Crippen LogP contribution >= 0.6 is 0 Å². The molecule has 0 aliphatic heterocycles. The molecule has 0 aliphatic rings. The number of hydrogen-bond acceptors (Lipinski definition) is 3. The molecule has 0 radical (unpaired) electrons. The molecule has 3 nitrogen and oxygen atoms in total. The molecule has 3 heteroatoms. The molecule has 0 amide bonds. The highest BCUT2D eigenvalue weighted by Crippen LogP contribution is 2.14. The summed E-state index contributed by atoms with van der Waals surface area (Å²) in [4.78, 5) is 6.49. The summed E-state index contributed by atoms with van der Waals surface area (Å²) in [6.07, 6.45) is 1.85. The Morgan fingerprint density at radius 3 is 2.80 bits per heavy atom. The Labute approximate surface area is 91.1 Å². The van der Waals surface area contributed by atoms with Crippen LogP contribution in [0.2, 0.25) is 0 Å². The minimum absolute atomic E-state index is 0.0200. The Balaban J connectivity index is 2.94. The van der Waals surface area contributed by atoms with E-state index < -0.39 is 0 Å². The van der Waals surface area contributed by atoms with E-state index in [1.165, 1.54) is 0 Å². The van der Waals surface area contributed by atoms with Crippen LogP contribution in [0.25, 0.3) is 0 Å². The van der Waals surface area contributed by atoms with Gasteiger partial charge in [0.2, 0.25) is 0 Å². The molecule has 82 valence electrons. The van der Waals surface area contributed by atoms with Crippen LogP contribution in [0.4, 0.5) is 5.82 Å². The van der Waals surface area contributed by atoms with E-state index in [1.54, 1.807) is 0 Å². The maximum atomic E-state index is 9.01. The summed E-state index contributed by atoms with van der Waals surface area (Å²) in [5.74, 6) is 0.886. The highest BCUT2D eigenvalue weighted by Gasteiger charge is 2.10. The quantitative estimate of drug-likeness (QED) is 0.748. The molecule has 1 rings (SSSR count). The number of pyridine rings is 1. The molecule has 0 atom stereocenters. The van der Waals surface area contributed by atoms with Crippen LogP contribution < -0.4 is 4.90 Å². The fourth-order valence-corrected chi connectivity index (χ4v) is 1.42. The van der Waals surface area contributed by atoms with E-state index in [4.69, 9.17) is 5.11 Å². The summed E-state index contributed by atoms with van der Waals surface area (Å²) >= 11 is 0. The first-order valence-corrected chi connectivity index (χ1v) is 5.13. The average molecular weight is 206 g/mol. The smallest absolute Gasteiger partial charge is 0.129 e. The van der Waals surface area contributed by atoms with Gasteiger partial charge in [-0.15, -0.1) is 6.58 Å². The largest absolute Gasteiger partial charge is 0.390 e. The molecule has 0 aliphatic carbocycles. The minimum atomic E-state index is -0.0200. The fraction of sp³-hybridized carbons (Fsp3) is 0.417. The SMILES string of the molecule is C=CCN(c1cccc(CO)n1)C(C)C. The molecule has 0 unspecified atom stereocenters. The third-order valence-corrected chi connectivity index (χ3v) is 2.20. The monoisotopic (exact) mass is 206 g/mol. The van der Waals surface area contributed by atoms with Crippen LogP contribution in [0.3, 0.4) is 0 Å². The van der Waals surface area contributed by atoms with Crippen molar-refractivity contribution in [1.29, 1.82) is 0 Å². The minimum Gasteiger partial charge on any atom is -0.390 e. The fourth-order valence-electron chi connectivity index (χ4n) is 1.42. The van der Waals surface area contributed by atoms with Gasteiger partial charge in [-0.1, -0.05) is 12.1 Å². The third-order valence-electron chi connectivity index (χ3n) is 2.20. The Morgan fingerprint density at radius 2 is 2.27 bits per heavy atom. The first-order valence-electron chi connectivity index (χ1n) is 5.13. The topological polar surface area (TPSA) is 36.4 Å². The molecule has 0 saturated heterocycles. The average Bonchev–Trinajstić information content (AvgIpc) is 2.25. The van der Waals surface area contributed by atoms with Gasteiger partial charge in [0.25, 0.3) is 0 Å². The Morgan fingerprint density at radius 1 is 1.53 bits per heavy atom. The number of rotatable bonds is 5. The Kier molecular flexibility index (Phi) is 4.31. The molecular weight excluding hydrogens is 188 g/mol. The van der Waals surface area contributed by atoms with Gasteiger partial charge in [0.1, 0.15) is 5.82 Å². The van der Waals surface area contributed by atoms with Crippen molar-refractivity contribution in [3.8, 4) is 0 Å². The lowest BCUT2D eigenvalue weighted by Crippen LogP contribution is -2.31. The predicted molar refractivity (Wildman–Crippen MR) is 62.8 cm³/mol. The van der Waals surface area contributed by atoms with E-state index in [-0.39, 0.29) is 6.61 Å². The molecule has 0 fully saturated rings. The van der Waals surface area contributed by atoms with E-state index >= 15 is 0 Å². The first kappa shape index (κ1) is 11.7. The van der Waals surface area contributed by atoms with Gasteiger partial charge in [-0.25, -0.2) is 4.98 Å². The van der Waals surface area contributed by atoms with Gasteiger partial charge in [-0.3, -0.25) is 0 Å². The van der Waals surface area contributed by atoms with E-state index in [0.29, 0.717) is 11.7 Å². The standard InChI is InChI=1S/C12H18N2O/c1-4-8-14(10(2)3)12-7-5-6-11(9-15)13-12/h4-7,10,15H,1,8-9H2,2-3H3. The van der Waals surface area contributed by atoms with E-state index in [9.17, 15) is 0 Å². The summed E-state index contributed by atoms with van der Waals surface area (Å²) < 4.78 is 0. The van der Waals surface area contributed by atoms with Crippen LogP contribution in [0.15, 0.2) is 30.9 Å². The maximum Gasteiger partial charge on any atom is 0.129 e. The molecule has 1 aromatic rings. The molecule has 0 aromatic carbocycles. The van der Waals surface area contributed by atoms with Crippen molar-refractivity contribution >= 4 is 5.82 Å². The molecular formula is C12H18N2O. The summed E-state index contributed by atoms with van der Waals surface area (Å²) in [5, 5.41) is 9.01. The van der Waals surface area contributed by atoms with E-state index in [2.05, 4.69) is 30.3 Å². The van der Waals surface area contributed by atoms with E-state index in [0.717, 1.165) is 12.4 Å². The Bertz CT molecular complexity index is 323. The number of aromatic nitrogens is 1. The highest BCUT2D eigenvalue weighted by molar-refractivity contribution is 5.40. The van der Waals surface area contributed by atoms with Crippen LogP contribution in [0.1, 0.15) is 19.5 Å². The van der Waals surface area contributed by atoms with Crippen LogP contribution in [-0.2, 0) is 6.61 Å². The van der Waals surface area contributed by atoms with Gasteiger partial charge in [0.15, 0.2) is 0 Å². The van der Waals surface area contributed by atoms with Gasteiger partial charge >= 0.3 is 0 Å². The number of aliphatic hydroxyl groups is 1.